The van der Waals surface area contributed by atoms with Gasteiger partial charge < -0.3 is 24.0 Å². The van der Waals surface area contributed by atoms with E-state index in [1.807, 2.05) is 9.80 Å². The molecule has 0 saturated carbocycles. The highest BCUT2D eigenvalue weighted by molar-refractivity contribution is 5.95. The first-order valence-electron chi connectivity index (χ1n) is 10.4. The van der Waals surface area contributed by atoms with Crippen molar-refractivity contribution in [3.05, 3.63) is 17.7 Å². The summed E-state index contributed by atoms with van der Waals surface area (Å²) >= 11 is 0. The molecule has 2 aliphatic heterocycles. The second kappa shape index (κ2) is 9.85. The molecule has 7 nitrogen and oxygen atoms in total. The second-order valence-electron chi connectivity index (χ2n) is 7.80. The summed E-state index contributed by atoms with van der Waals surface area (Å²) in [6.07, 6.45) is 5.78. The molecule has 1 aromatic rings. The Kier molecular flexibility index (Phi) is 7.23. The largest absolute Gasteiger partial charge is 0.493 e. The number of hydrogen-bond donors (Lipinski definition) is 0. The zero-order valence-electron chi connectivity index (χ0n) is 17.7. The Bertz CT molecular complexity index is 697. The van der Waals surface area contributed by atoms with Gasteiger partial charge in [0.25, 0.3) is 5.91 Å². The van der Waals surface area contributed by atoms with Crippen LogP contribution < -0.4 is 14.2 Å². The maximum absolute atomic E-state index is 13.0. The molecule has 0 bridgehead atoms. The minimum Gasteiger partial charge on any atom is -0.493 e. The molecule has 0 radical (unpaired) electrons. The van der Waals surface area contributed by atoms with Crippen LogP contribution in [-0.4, -0.2) is 69.1 Å². The molecular formula is C22H32N2O5. The fourth-order valence-corrected chi connectivity index (χ4v) is 4.25. The summed E-state index contributed by atoms with van der Waals surface area (Å²) in [5.74, 6) is 1.99. The molecule has 0 aromatic heterocycles. The maximum atomic E-state index is 13.0. The van der Waals surface area contributed by atoms with Crippen LogP contribution in [0.5, 0.6) is 17.2 Å². The van der Waals surface area contributed by atoms with Crippen LogP contribution in [-0.2, 0) is 4.79 Å². The third kappa shape index (κ3) is 4.95. The summed E-state index contributed by atoms with van der Waals surface area (Å²) in [5, 5.41) is 0. The third-order valence-electron chi connectivity index (χ3n) is 5.99. The first kappa shape index (κ1) is 21.3. The van der Waals surface area contributed by atoms with E-state index in [-0.39, 0.29) is 11.8 Å². The molecule has 2 heterocycles. The van der Waals surface area contributed by atoms with Crippen molar-refractivity contribution >= 4 is 11.8 Å². The Morgan fingerprint density at radius 1 is 0.862 bits per heavy atom. The molecule has 7 heteroatoms. The monoisotopic (exact) mass is 404 g/mol. The number of benzene rings is 1. The number of likely N-dealkylation sites (tertiary alicyclic amines) is 2. The lowest BCUT2D eigenvalue weighted by Crippen LogP contribution is -2.41. The fourth-order valence-electron chi connectivity index (χ4n) is 4.25. The van der Waals surface area contributed by atoms with Crippen LogP contribution in [0.15, 0.2) is 12.1 Å². The molecular weight excluding hydrogens is 372 g/mol. The van der Waals surface area contributed by atoms with E-state index >= 15 is 0 Å². The number of rotatable bonds is 6. The van der Waals surface area contributed by atoms with Crippen LogP contribution in [0.1, 0.15) is 48.9 Å². The van der Waals surface area contributed by atoms with Crippen LogP contribution in [0.25, 0.3) is 0 Å². The zero-order chi connectivity index (χ0) is 20.8. The van der Waals surface area contributed by atoms with Crippen LogP contribution in [0.2, 0.25) is 0 Å². The molecule has 0 spiro atoms. The van der Waals surface area contributed by atoms with Crippen molar-refractivity contribution in [3.8, 4) is 17.2 Å². The molecule has 160 valence electrons. The highest BCUT2D eigenvalue weighted by atomic mass is 16.5. The minimum atomic E-state index is -0.0509. The molecule has 1 aromatic carbocycles. The number of carbonyl (C=O) groups excluding carboxylic acids is 2. The molecule has 2 amide bonds. The number of ether oxygens (including phenoxy) is 3. The molecule has 3 rings (SSSR count). The lowest BCUT2D eigenvalue weighted by Gasteiger charge is -2.34. The average molecular weight is 405 g/mol. The standard InChI is InChI=1S/C22H32N2O5/c1-27-18-14-17(15-19(28-2)21(18)29-3)22(26)24-11-7-16(8-12-24)13-20(25)23-9-5-4-6-10-23/h14-16H,4-13H2,1-3H3. The summed E-state index contributed by atoms with van der Waals surface area (Å²) in [4.78, 5) is 29.4. The number of amides is 2. The lowest BCUT2D eigenvalue weighted by molar-refractivity contribution is -0.133. The van der Waals surface area contributed by atoms with Crippen molar-refractivity contribution in [1.29, 1.82) is 0 Å². The van der Waals surface area contributed by atoms with Gasteiger partial charge in [-0.1, -0.05) is 0 Å². The molecule has 0 unspecified atom stereocenters. The number of nitrogens with zero attached hydrogens (tertiary/aromatic N) is 2. The highest BCUT2D eigenvalue weighted by Gasteiger charge is 2.28. The molecule has 0 aliphatic carbocycles. The van der Waals surface area contributed by atoms with E-state index in [1.165, 1.54) is 27.8 Å². The van der Waals surface area contributed by atoms with Gasteiger partial charge in [0.15, 0.2) is 11.5 Å². The summed E-state index contributed by atoms with van der Waals surface area (Å²) in [6, 6.07) is 3.38. The van der Waals surface area contributed by atoms with E-state index in [0.717, 1.165) is 38.8 Å². The quantitative estimate of drug-likeness (QED) is 0.729. The van der Waals surface area contributed by atoms with Crippen molar-refractivity contribution in [2.75, 3.05) is 47.5 Å². The fraction of sp³-hybridized carbons (Fsp3) is 0.636. The van der Waals surface area contributed by atoms with Gasteiger partial charge in [0, 0.05) is 38.2 Å². The van der Waals surface area contributed by atoms with E-state index in [9.17, 15) is 9.59 Å². The summed E-state index contributed by atoms with van der Waals surface area (Å²) in [5.41, 5.74) is 0.516. The van der Waals surface area contributed by atoms with Gasteiger partial charge in [-0.15, -0.1) is 0 Å². The van der Waals surface area contributed by atoms with Crippen LogP contribution in [0.4, 0.5) is 0 Å². The Balaban J connectivity index is 1.59. The Labute approximate surface area is 172 Å². The van der Waals surface area contributed by atoms with Crippen LogP contribution in [0, 0.1) is 5.92 Å². The number of piperidine rings is 2. The smallest absolute Gasteiger partial charge is 0.254 e. The van der Waals surface area contributed by atoms with Gasteiger partial charge in [0.1, 0.15) is 0 Å². The Morgan fingerprint density at radius 2 is 1.45 bits per heavy atom. The van der Waals surface area contributed by atoms with Gasteiger partial charge in [0.2, 0.25) is 11.7 Å². The first-order valence-corrected chi connectivity index (χ1v) is 10.4. The van der Waals surface area contributed by atoms with Crippen molar-refractivity contribution in [3.63, 3.8) is 0 Å². The lowest BCUT2D eigenvalue weighted by atomic mass is 9.92. The van der Waals surface area contributed by atoms with Crippen LogP contribution in [0.3, 0.4) is 0 Å². The molecule has 0 atom stereocenters. The first-order chi connectivity index (χ1) is 14.1. The van der Waals surface area contributed by atoms with E-state index in [2.05, 4.69) is 0 Å². The summed E-state index contributed by atoms with van der Waals surface area (Å²) in [7, 11) is 4.62. The normalized spacial score (nSPS) is 17.8. The molecule has 0 N–H and O–H groups in total. The average Bonchev–Trinajstić information content (AvgIpc) is 2.78. The SMILES string of the molecule is COc1cc(C(=O)N2CCC(CC(=O)N3CCCCC3)CC2)cc(OC)c1OC. The van der Waals surface area contributed by atoms with E-state index in [1.54, 1.807) is 12.1 Å². The maximum Gasteiger partial charge on any atom is 0.254 e. The molecule has 2 aliphatic rings. The van der Waals surface area contributed by atoms with E-state index in [0.29, 0.717) is 48.2 Å². The van der Waals surface area contributed by atoms with Crippen molar-refractivity contribution in [2.24, 2.45) is 5.92 Å². The Morgan fingerprint density at radius 3 is 1.97 bits per heavy atom. The van der Waals surface area contributed by atoms with Gasteiger partial charge in [0.05, 0.1) is 21.3 Å². The van der Waals surface area contributed by atoms with Gasteiger partial charge in [-0.2, -0.15) is 0 Å². The highest BCUT2D eigenvalue weighted by Crippen LogP contribution is 2.38. The van der Waals surface area contributed by atoms with Crippen LogP contribution >= 0.6 is 0 Å². The summed E-state index contributed by atoms with van der Waals surface area (Å²) in [6.45, 7) is 3.12. The van der Waals surface area contributed by atoms with Crippen molar-refractivity contribution in [1.82, 2.24) is 9.80 Å². The van der Waals surface area contributed by atoms with Gasteiger partial charge in [-0.25, -0.2) is 0 Å². The third-order valence-corrected chi connectivity index (χ3v) is 5.99. The number of methoxy groups -OCH3 is 3. The Hall–Kier alpha value is -2.44. The minimum absolute atomic E-state index is 0.0509. The topological polar surface area (TPSA) is 68.3 Å². The predicted molar refractivity (Wildman–Crippen MR) is 110 cm³/mol. The van der Waals surface area contributed by atoms with Crippen molar-refractivity contribution < 1.29 is 23.8 Å². The predicted octanol–water partition coefficient (Wildman–Crippen LogP) is 2.97. The zero-order valence-corrected chi connectivity index (χ0v) is 17.7. The molecule has 29 heavy (non-hydrogen) atoms. The van der Waals surface area contributed by atoms with E-state index < -0.39 is 0 Å². The van der Waals surface area contributed by atoms with Gasteiger partial charge in [-0.3, -0.25) is 9.59 Å². The van der Waals surface area contributed by atoms with Crippen molar-refractivity contribution in [2.45, 2.75) is 38.5 Å². The number of hydrogen-bond acceptors (Lipinski definition) is 5. The van der Waals surface area contributed by atoms with E-state index in [4.69, 9.17) is 14.2 Å². The number of carbonyl (C=O) groups is 2. The molecule has 2 saturated heterocycles. The van der Waals surface area contributed by atoms with Gasteiger partial charge in [-0.05, 0) is 50.2 Å². The van der Waals surface area contributed by atoms with Gasteiger partial charge >= 0.3 is 0 Å². The summed E-state index contributed by atoms with van der Waals surface area (Å²) < 4.78 is 16.0. The second-order valence-corrected chi connectivity index (χ2v) is 7.80. The molecule has 2 fully saturated rings.